The lowest BCUT2D eigenvalue weighted by Crippen LogP contribution is -2.36. The Morgan fingerprint density at radius 1 is 1.38 bits per heavy atom. The molecule has 2 heteroatoms. The van der Waals surface area contributed by atoms with Crippen LogP contribution in [0.4, 0.5) is 0 Å². The van der Waals surface area contributed by atoms with E-state index in [4.69, 9.17) is 5.26 Å². The lowest BCUT2D eigenvalue weighted by molar-refractivity contribution is 0.222. The Labute approximate surface area is 81.5 Å². The van der Waals surface area contributed by atoms with Gasteiger partial charge < -0.3 is 0 Å². The largest absolute Gasteiger partial charge is 0.288 e. The van der Waals surface area contributed by atoms with Gasteiger partial charge in [0.15, 0.2) is 0 Å². The Balaban J connectivity index is 2.46. The van der Waals surface area contributed by atoms with Crippen LogP contribution in [0.15, 0.2) is 0 Å². The van der Waals surface area contributed by atoms with Gasteiger partial charge >= 0.3 is 0 Å². The molecule has 0 radical (unpaired) electrons. The predicted molar refractivity (Wildman–Crippen MR) is 54.3 cm³/mol. The van der Waals surface area contributed by atoms with Crippen molar-refractivity contribution in [3.8, 4) is 6.07 Å². The zero-order valence-corrected chi connectivity index (χ0v) is 8.79. The number of nitrogens with zero attached hydrogens (tertiary/aromatic N) is 2. The molecule has 0 aromatic rings. The van der Waals surface area contributed by atoms with Gasteiger partial charge in [0.1, 0.15) is 6.04 Å². The van der Waals surface area contributed by atoms with Gasteiger partial charge in [-0.1, -0.05) is 20.3 Å². The van der Waals surface area contributed by atoms with E-state index in [1.807, 2.05) is 0 Å². The minimum atomic E-state index is 0.169. The summed E-state index contributed by atoms with van der Waals surface area (Å²) in [5.74, 6) is 0.535. The molecule has 0 N–H and O–H groups in total. The molecular weight excluding hydrogens is 160 g/mol. The lowest BCUT2D eigenvalue weighted by Gasteiger charge is -2.26. The first-order chi connectivity index (χ1) is 6.29. The summed E-state index contributed by atoms with van der Waals surface area (Å²) in [7, 11) is 0. The van der Waals surface area contributed by atoms with Crippen LogP contribution in [0.25, 0.3) is 0 Å². The molecule has 1 aliphatic heterocycles. The van der Waals surface area contributed by atoms with Crippen LogP contribution in [0.1, 0.15) is 39.5 Å². The SMILES string of the molecule is CCCC(C)C(C#N)N1CCCC1. The highest BCUT2D eigenvalue weighted by Crippen LogP contribution is 2.20. The Bertz CT molecular complexity index is 177. The third-order valence-corrected chi connectivity index (χ3v) is 2.95. The van der Waals surface area contributed by atoms with Gasteiger partial charge in [-0.3, -0.25) is 4.90 Å². The highest BCUT2D eigenvalue weighted by molar-refractivity contribution is 4.96. The molecule has 1 saturated heterocycles. The molecule has 0 saturated carbocycles. The summed E-state index contributed by atoms with van der Waals surface area (Å²) < 4.78 is 0. The van der Waals surface area contributed by atoms with Crippen molar-refractivity contribution in [1.82, 2.24) is 4.90 Å². The summed E-state index contributed by atoms with van der Waals surface area (Å²) in [4.78, 5) is 2.35. The maximum Gasteiger partial charge on any atom is 0.100 e. The van der Waals surface area contributed by atoms with E-state index in [-0.39, 0.29) is 6.04 Å². The van der Waals surface area contributed by atoms with Gasteiger partial charge in [-0.25, -0.2) is 0 Å². The summed E-state index contributed by atoms with van der Waals surface area (Å²) in [6.07, 6.45) is 4.91. The molecule has 0 bridgehead atoms. The van der Waals surface area contributed by atoms with Crippen molar-refractivity contribution in [3.63, 3.8) is 0 Å². The highest BCUT2D eigenvalue weighted by atomic mass is 15.2. The Morgan fingerprint density at radius 3 is 2.46 bits per heavy atom. The van der Waals surface area contributed by atoms with E-state index < -0.39 is 0 Å². The quantitative estimate of drug-likeness (QED) is 0.664. The Hall–Kier alpha value is -0.550. The summed E-state index contributed by atoms with van der Waals surface area (Å²) in [5.41, 5.74) is 0. The third-order valence-electron chi connectivity index (χ3n) is 2.95. The average Bonchev–Trinajstić information content (AvgIpc) is 2.59. The zero-order chi connectivity index (χ0) is 9.68. The molecule has 74 valence electrons. The van der Waals surface area contributed by atoms with Gasteiger partial charge in [-0.15, -0.1) is 0 Å². The lowest BCUT2D eigenvalue weighted by atomic mass is 9.97. The fraction of sp³-hybridized carbons (Fsp3) is 0.909. The van der Waals surface area contributed by atoms with Crippen LogP contribution in [0.5, 0.6) is 0 Å². The molecule has 1 aliphatic rings. The van der Waals surface area contributed by atoms with Crippen LogP contribution < -0.4 is 0 Å². The second-order valence-corrected chi connectivity index (χ2v) is 4.08. The van der Waals surface area contributed by atoms with Crippen molar-refractivity contribution >= 4 is 0 Å². The second kappa shape index (κ2) is 5.24. The zero-order valence-electron chi connectivity index (χ0n) is 8.79. The second-order valence-electron chi connectivity index (χ2n) is 4.08. The first kappa shape index (κ1) is 10.5. The molecule has 2 atom stereocenters. The van der Waals surface area contributed by atoms with Crippen LogP contribution in [-0.2, 0) is 0 Å². The van der Waals surface area contributed by atoms with E-state index in [0.717, 1.165) is 13.1 Å². The smallest absolute Gasteiger partial charge is 0.100 e. The predicted octanol–water partition coefficient (Wildman–Crippen LogP) is 2.41. The fourth-order valence-electron chi connectivity index (χ4n) is 2.20. The van der Waals surface area contributed by atoms with Crippen molar-refractivity contribution in [2.75, 3.05) is 13.1 Å². The molecule has 13 heavy (non-hydrogen) atoms. The van der Waals surface area contributed by atoms with Gasteiger partial charge in [0, 0.05) is 0 Å². The number of likely N-dealkylation sites (tertiary alicyclic amines) is 1. The molecule has 0 amide bonds. The molecule has 0 spiro atoms. The van der Waals surface area contributed by atoms with Crippen LogP contribution in [0.3, 0.4) is 0 Å². The van der Waals surface area contributed by atoms with Crippen molar-refractivity contribution < 1.29 is 0 Å². The molecule has 2 nitrogen and oxygen atoms in total. The summed E-state index contributed by atoms with van der Waals surface area (Å²) in [5, 5.41) is 9.09. The molecule has 0 aromatic carbocycles. The van der Waals surface area contributed by atoms with Crippen LogP contribution in [0, 0.1) is 17.2 Å². The van der Waals surface area contributed by atoms with Gasteiger partial charge in [-0.05, 0) is 38.3 Å². The van der Waals surface area contributed by atoms with Gasteiger partial charge in [-0.2, -0.15) is 5.26 Å². The average molecular weight is 180 g/mol. The topological polar surface area (TPSA) is 27.0 Å². The molecule has 1 rings (SSSR count). The normalized spacial score (nSPS) is 22.5. The maximum atomic E-state index is 9.09. The minimum Gasteiger partial charge on any atom is -0.288 e. The summed E-state index contributed by atoms with van der Waals surface area (Å²) in [6.45, 7) is 6.66. The van der Waals surface area contributed by atoms with Gasteiger partial charge in [0.2, 0.25) is 0 Å². The van der Waals surface area contributed by atoms with Crippen molar-refractivity contribution in [3.05, 3.63) is 0 Å². The van der Waals surface area contributed by atoms with E-state index in [2.05, 4.69) is 24.8 Å². The Kier molecular flexibility index (Phi) is 4.24. The van der Waals surface area contributed by atoms with Gasteiger partial charge in [0.25, 0.3) is 0 Å². The van der Waals surface area contributed by atoms with Crippen molar-refractivity contribution in [1.29, 1.82) is 5.26 Å². The number of hydrogen-bond donors (Lipinski definition) is 0. The van der Waals surface area contributed by atoms with E-state index in [1.54, 1.807) is 0 Å². The monoisotopic (exact) mass is 180 g/mol. The molecule has 0 aliphatic carbocycles. The minimum absolute atomic E-state index is 0.169. The van der Waals surface area contributed by atoms with Crippen molar-refractivity contribution in [2.24, 2.45) is 5.92 Å². The molecule has 1 fully saturated rings. The maximum absolute atomic E-state index is 9.09. The van der Waals surface area contributed by atoms with E-state index in [9.17, 15) is 0 Å². The molecule has 2 unspecified atom stereocenters. The van der Waals surface area contributed by atoms with Crippen LogP contribution >= 0.6 is 0 Å². The molecule has 0 aromatic heterocycles. The number of rotatable bonds is 4. The standard InChI is InChI=1S/C11H20N2/c1-3-6-10(2)11(9-12)13-7-4-5-8-13/h10-11H,3-8H2,1-2H3. The summed E-state index contributed by atoms with van der Waals surface area (Å²) >= 11 is 0. The van der Waals surface area contributed by atoms with Crippen molar-refractivity contribution in [2.45, 2.75) is 45.6 Å². The van der Waals surface area contributed by atoms with Gasteiger partial charge in [0.05, 0.1) is 6.07 Å². The fourth-order valence-corrected chi connectivity index (χ4v) is 2.20. The van der Waals surface area contributed by atoms with E-state index >= 15 is 0 Å². The van der Waals surface area contributed by atoms with E-state index in [0.29, 0.717) is 5.92 Å². The number of nitriles is 1. The number of hydrogen-bond acceptors (Lipinski definition) is 2. The first-order valence-corrected chi connectivity index (χ1v) is 5.43. The summed E-state index contributed by atoms with van der Waals surface area (Å²) in [6, 6.07) is 2.62. The Morgan fingerprint density at radius 2 is 2.00 bits per heavy atom. The molecular formula is C11H20N2. The van der Waals surface area contributed by atoms with Crippen LogP contribution in [-0.4, -0.2) is 24.0 Å². The molecule has 1 heterocycles. The van der Waals surface area contributed by atoms with Crippen LogP contribution in [0.2, 0.25) is 0 Å². The van der Waals surface area contributed by atoms with E-state index in [1.165, 1.54) is 25.7 Å². The highest BCUT2D eigenvalue weighted by Gasteiger charge is 2.25. The first-order valence-electron chi connectivity index (χ1n) is 5.43. The third kappa shape index (κ3) is 2.70.